The minimum Gasteiger partial charge on any atom is -0.491 e. The number of hydrogen-bond donors (Lipinski definition) is 1. The number of benzene rings is 1. The van der Waals surface area contributed by atoms with Gasteiger partial charge in [0, 0.05) is 11.9 Å². The van der Waals surface area contributed by atoms with Crippen LogP contribution in [0.25, 0.3) is 0 Å². The molecule has 0 aliphatic rings. The minimum atomic E-state index is -0.123. The Bertz CT molecular complexity index is 619. The Morgan fingerprint density at radius 3 is 2.32 bits per heavy atom. The third kappa shape index (κ3) is 4.32. The maximum atomic E-state index is 12.2. The van der Waals surface area contributed by atoms with E-state index >= 15 is 0 Å². The molecule has 4 nitrogen and oxygen atoms in total. The van der Waals surface area contributed by atoms with Crippen LogP contribution < -0.4 is 10.1 Å². The normalized spacial score (nSPS) is 12.0. The lowest BCUT2D eigenvalue weighted by molar-refractivity contribution is 0.0939. The standard InChI is InChI=1S/C18H22N2O2/c1-12(2)22-17-9-7-15(8-10-17)14(4)20-18(21)16-6-5-13(3)19-11-16/h5-12,14H,1-4H3,(H,20,21). The molecule has 0 aliphatic heterocycles. The van der Waals surface area contributed by atoms with E-state index in [-0.39, 0.29) is 18.1 Å². The van der Waals surface area contributed by atoms with Crippen molar-refractivity contribution in [1.29, 1.82) is 0 Å². The van der Waals surface area contributed by atoms with Crippen LogP contribution in [-0.2, 0) is 0 Å². The molecule has 0 saturated heterocycles. The summed E-state index contributed by atoms with van der Waals surface area (Å²) in [6.07, 6.45) is 1.74. The van der Waals surface area contributed by atoms with Gasteiger partial charge >= 0.3 is 0 Å². The molecule has 1 amide bonds. The van der Waals surface area contributed by atoms with Gasteiger partial charge in [0.05, 0.1) is 17.7 Å². The zero-order valence-corrected chi connectivity index (χ0v) is 13.5. The molecule has 1 aromatic carbocycles. The van der Waals surface area contributed by atoms with E-state index in [2.05, 4.69) is 10.3 Å². The molecule has 1 aromatic heterocycles. The summed E-state index contributed by atoms with van der Waals surface area (Å²) < 4.78 is 5.61. The maximum Gasteiger partial charge on any atom is 0.253 e. The Balaban J connectivity index is 2.00. The van der Waals surface area contributed by atoms with Crippen LogP contribution in [0.2, 0.25) is 0 Å². The minimum absolute atomic E-state index is 0.0816. The summed E-state index contributed by atoms with van der Waals surface area (Å²) in [5.41, 5.74) is 2.49. The summed E-state index contributed by atoms with van der Waals surface area (Å²) in [5.74, 6) is 0.711. The van der Waals surface area contributed by atoms with Crippen LogP contribution in [-0.4, -0.2) is 17.0 Å². The number of aryl methyl sites for hydroxylation is 1. The summed E-state index contributed by atoms with van der Waals surface area (Å²) >= 11 is 0. The SMILES string of the molecule is Cc1ccc(C(=O)NC(C)c2ccc(OC(C)C)cc2)cn1. The first-order valence-electron chi connectivity index (χ1n) is 7.46. The summed E-state index contributed by atoms with van der Waals surface area (Å²) in [7, 11) is 0. The van der Waals surface area contributed by atoms with Crippen LogP contribution in [0.1, 0.15) is 48.4 Å². The number of aromatic nitrogens is 1. The second kappa shape index (κ2) is 7.07. The van der Waals surface area contributed by atoms with E-state index in [1.54, 1.807) is 12.3 Å². The molecule has 1 heterocycles. The molecule has 0 bridgehead atoms. The van der Waals surface area contributed by atoms with Crippen molar-refractivity contribution in [3.63, 3.8) is 0 Å². The largest absolute Gasteiger partial charge is 0.491 e. The highest BCUT2D eigenvalue weighted by molar-refractivity contribution is 5.94. The van der Waals surface area contributed by atoms with Gasteiger partial charge in [0.25, 0.3) is 5.91 Å². The van der Waals surface area contributed by atoms with Crippen molar-refractivity contribution in [3.05, 3.63) is 59.4 Å². The predicted octanol–water partition coefficient (Wildman–Crippen LogP) is 3.67. The first kappa shape index (κ1) is 16.0. The van der Waals surface area contributed by atoms with Crippen molar-refractivity contribution in [2.75, 3.05) is 0 Å². The average molecular weight is 298 g/mol. The van der Waals surface area contributed by atoms with Crippen molar-refractivity contribution in [2.24, 2.45) is 0 Å². The zero-order chi connectivity index (χ0) is 16.1. The molecule has 22 heavy (non-hydrogen) atoms. The van der Waals surface area contributed by atoms with Crippen LogP contribution in [0.15, 0.2) is 42.6 Å². The summed E-state index contributed by atoms with van der Waals surface area (Å²) in [6.45, 7) is 7.83. The van der Waals surface area contributed by atoms with Gasteiger partial charge in [0.15, 0.2) is 0 Å². The topological polar surface area (TPSA) is 51.2 Å². The van der Waals surface area contributed by atoms with Gasteiger partial charge in [-0.1, -0.05) is 12.1 Å². The number of carbonyl (C=O) groups excluding carboxylic acids is 1. The molecular weight excluding hydrogens is 276 g/mol. The van der Waals surface area contributed by atoms with E-state index in [9.17, 15) is 4.79 Å². The first-order valence-corrected chi connectivity index (χ1v) is 7.46. The third-order valence-corrected chi connectivity index (χ3v) is 3.27. The van der Waals surface area contributed by atoms with Gasteiger partial charge in [-0.15, -0.1) is 0 Å². The van der Waals surface area contributed by atoms with Crippen molar-refractivity contribution >= 4 is 5.91 Å². The Kier molecular flexibility index (Phi) is 5.15. The van der Waals surface area contributed by atoms with Gasteiger partial charge in [-0.2, -0.15) is 0 Å². The van der Waals surface area contributed by atoms with E-state index in [0.717, 1.165) is 17.0 Å². The second-order valence-corrected chi connectivity index (χ2v) is 5.62. The molecule has 0 spiro atoms. The fourth-order valence-electron chi connectivity index (χ4n) is 2.07. The number of hydrogen-bond acceptors (Lipinski definition) is 3. The smallest absolute Gasteiger partial charge is 0.253 e. The van der Waals surface area contributed by atoms with Crippen molar-refractivity contribution < 1.29 is 9.53 Å². The molecule has 0 saturated carbocycles. The molecule has 1 atom stereocenters. The monoisotopic (exact) mass is 298 g/mol. The number of carbonyl (C=O) groups is 1. The van der Waals surface area contributed by atoms with Gasteiger partial charge in [0.1, 0.15) is 5.75 Å². The highest BCUT2D eigenvalue weighted by Crippen LogP contribution is 2.19. The average Bonchev–Trinajstić information content (AvgIpc) is 2.48. The maximum absolute atomic E-state index is 12.2. The fourth-order valence-corrected chi connectivity index (χ4v) is 2.07. The van der Waals surface area contributed by atoms with Crippen molar-refractivity contribution in [2.45, 2.75) is 39.8 Å². The van der Waals surface area contributed by atoms with Gasteiger partial charge in [-0.05, 0) is 57.5 Å². The van der Waals surface area contributed by atoms with Gasteiger partial charge in [-0.3, -0.25) is 9.78 Å². The van der Waals surface area contributed by atoms with Crippen LogP contribution in [0.4, 0.5) is 0 Å². The van der Waals surface area contributed by atoms with E-state index < -0.39 is 0 Å². The van der Waals surface area contributed by atoms with Gasteiger partial charge < -0.3 is 10.1 Å². The molecule has 1 unspecified atom stereocenters. The Morgan fingerprint density at radius 2 is 1.77 bits per heavy atom. The Morgan fingerprint density at radius 1 is 1.09 bits per heavy atom. The molecule has 2 aromatic rings. The Hall–Kier alpha value is -2.36. The fraction of sp³-hybridized carbons (Fsp3) is 0.333. The molecule has 116 valence electrons. The number of amides is 1. The van der Waals surface area contributed by atoms with E-state index in [4.69, 9.17) is 4.74 Å². The van der Waals surface area contributed by atoms with Crippen molar-refractivity contribution in [1.82, 2.24) is 10.3 Å². The zero-order valence-electron chi connectivity index (χ0n) is 13.5. The van der Waals surface area contributed by atoms with E-state index in [0.29, 0.717) is 5.56 Å². The highest BCUT2D eigenvalue weighted by Gasteiger charge is 2.12. The van der Waals surface area contributed by atoms with Crippen LogP contribution >= 0.6 is 0 Å². The first-order chi connectivity index (χ1) is 10.5. The Labute approximate surface area is 131 Å². The number of nitrogens with zero attached hydrogens (tertiary/aromatic N) is 1. The second-order valence-electron chi connectivity index (χ2n) is 5.62. The number of ether oxygens (including phenoxy) is 1. The quantitative estimate of drug-likeness (QED) is 0.916. The van der Waals surface area contributed by atoms with Crippen LogP contribution in [0.3, 0.4) is 0 Å². The lowest BCUT2D eigenvalue weighted by Gasteiger charge is -2.16. The summed E-state index contributed by atoms with van der Waals surface area (Å²) in [5, 5.41) is 2.97. The molecule has 0 fully saturated rings. The lowest BCUT2D eigenvalue weighted by atomic mass is 10.1. The number of nitrogens with one attached hydrogen (secondary N) is 1. The number of rotatable bonds is 5. The van der Waals surface area contributed by atoms with E-state index in [1.807, 2.05) is 58.0 Å². The third-order valence-electron chi connectivity index (χ3n) is 3.27. The lowest BCUT2D eigenvalue weighted by Crippen LogP contribution is -2.26. The van der Waals surface area contributed by atoms with Gasteiger partial charge in [0.2, 0.25) is 0 Å². The predicted molar refractivity (Wildman–Crippen MR) is 87.1 cm³/mol. The van der Waals surface area contributed by atoms with Crippen molar-refractivity contribution in [3.8, 4) is 5.75 Å². The molecule has 4 heteroatoms. The summed E-state index contributed by atoms with van der Waals surface area (Å²) in [4.78, 5) is 16.3. The van der Waals surface area contributed by atoms with E-state index in [1.165, 1.54) is 0 Å². The molecule has 1 N–H and O–H groups in total. The molecule has 0 radical (unpaired) electrons. The summed E-state index contributed by atoms with van der Waals surface area (Å²) in [6, 6.07) is 11.3. The van der Waals surface area contributed by atoms with Gasteiger partial charge in [-0.25, -0.2) is 0 Å². The molecular formula is C18H22N2O2. The van der Waals surface area contributed by atoms with Crippen LogP contribution in [0.5, 0.6) is 5.75 Å². The van der Waals surface area contributed by atoms with Crippen LogP contribution in [0, 0.1) is 6.92 Å². The highest BCUT2D eigenvalue weighted by atomic mass is 16.5. The molecule has 0 aliphatic carbocycles. The molecule has 2 rings (SSSR count). The number of pyridine rings is 1.